The molecule has 0 aliphatic heterocycles. The topological polar surface area (TPSA) is 38.5 Å². The van der Waals surface area contributed by atoms with E-state index in [-0.39, 0.29) is 6.04 Å². The molecule has 2 rings (SSSR count). The van der Waals surface area contributed by atoms with Crippen molar-refractivity contribution in [2.24, 2.45) is 5.73 Å². The largest absolute Gasteiger partial charge is 0.495 e. The summed E-state index contributed by atoms with van der Waals surface area (Å²) in [5.41, 5.74) is 9.64. The predicted molar refractivity (Wildman–Crippen MR) is 89.0 cm³/mol. The number of nitrogens with zero attached hydrogens (tertiary/aromatic N) is 1. The number of hydrogen-bond donors (Lipinski definition) is 1. The zero-order valence-electron chi connectivity index (χ0n) is 13.0. The van der Waals surface area contributed by atoms with E-state index in [0.29, 0.717) is 6.54 Å². The maximum absolute atomic E-state index is 6.02. The van der Waals surface area contributed by atoms with Gasteiger partial charge in [-0.25, -0.2) is 0 Å². The van der Waals surface area contributed by atoms with Crippen LogP contribution in [0.15, 0.2) is 48.5 Å². The number of rotatable bonds is 6. The number of hydrogen-bond acceptors (Lipinski definition) is 3. The fraction of sp³-hybridized carbons (Fsp3) is 0.333. The summed E-state index contributed by atoms with van der Waals surface area (Å²) in [6.45, 7) is 2.72. The number of likely N-dealkylation sites (N-methyl/N-ethyl adjacent to an activating group) is 1. The Hall–Kier alpha value is -2.00. The Morgan fingerprint density at radius 2 is 1.76 bits per heavy atom. The van der Waals surface area contributed by atoms with Crippen LogP contribution in [0, 0.1) is 0 Å². The van der Waals surface area contributed by atoms with Gasteiger partial charge >= 0.3 is 0 Å². The highest BCUT2D eigenvalue weighted by atomic mass is 16.5. The molecule has 3 heteroatoms. The number of benzene rings is 2. The van der Waals surface area contributed by atoms with Gasteiger partial charge in [0.25, 0.3) is 0 Å². The van der Waals surface area contributed by atoms with E-state index in [9.17, 15) is 0 Å². The lowest BCUT2D eigenvalue weighted by molar-refractivity contribution is 0.413. The SMILES string of the molecule is CCc1ccc(C(CN)N(C)c2ccccc2OC)cc1. The molecule has 1 unspecified atom stereocenters. The van der Waals surface area contributed by atoms with Crippen molar-refractivity contribution in [1.82, 2.24) is 0 Å². The van der Waals surface area contributed by atoms with Crippen LogP contribution < -0.4 is 15.4 Å². The van der Waals surface area contributed by atoms with Gasteiger partial charge in [-0.05, 0) is 29.7 Å². The molecule has 0 saturated carbocycles. The number of ether oxygens (including phenoxy) is 1. The zero-order valence-corrected chi connectivity index (χ0v) is 13.0. The van der Waals surface area contributed by atoms with E-state index in [1.165, 1.54) is 11.1 Å². The minimum atomic E-state index is 0.132. The fourth-order valence-electron chi connectivity index (χ4n) is 2.58. The van der Waals surface area contributed by atoms with Gasteiger partial charge < -0.3 is 15.4 Å². The van der Waals surface area contributed by atoms with Crippen molar-refractivity contribution in [2.75, 3.05) is 25.6 Å². The van der Waals surface area contributed by atoms with E-state index in [2.05, 4.69) is 49.2 Å². The highest BCUT2D eigenvalue weighted by molar-refractivity contribution is 5.59. The molecule has 0 amide bonds. The van der Waals surface area contributed by atoms with Crippen molar-refractivity contribution in [1.29, 1.82) is 0 Å². The van der Waals surface area contributed by atoms with Gasteiger partial charge in [-0.2, -0.15) is 0 Å². The second-order valence-corrected chi connectivity index (χ2v) is 5.13. The van der Waals surface area contributed by atoms with E-state index < -0.39 is 0 Å². The van der Waals surface area contributed by atoms with E-state index in [4.69, 9.17) is 10.5 Å². The van der Waals surface area contributed by atoms with Crippen molar-refractivity contribution in [3.8, 4) is 5.75 Å². The third kappa shape index (κ3) is 3.37. The fourth-order valence-corrected chi connectivity index (χ4v) is 2.58. The number of para-hydroxylation sites is 2. The lowest BCUT2D eigenvalue weighted by Crippen LogP contribution is -2.30. The van der Waals surface area contributed by atoms with Crippen LogP contribution in [0.3, 0.4) is 0 Å². The average Bonchev–Trinajstić information content (AvgIpc) is 2.56. The van der Waals surface area contributed by atoms with Crippen LogP contribution in [0.25, 0.3) is 0 Å². The normalized spacial score (nSPS) is 12.0. The van der Waals surface area contributed by atoms with Crippen molar-refractivity contribution < 1.29 is 4.74 Å². The molecule has 2 N–H and O–H groups in total. The summed E-state index contributed by atoms with van der Waals surface area (Å²) in [5, 5.41) is 0. The monoisotopic (exact) mass is 284 g/mol. The van der Waals surface area contributed by atoms with Crippen molar-refractivity contribution >= 4 is 5.69 Å². The molecule has 0 aliphatic rings. The first-order chi connectivity index (χ1) is 10.2. The molecule has 0 spiro atoms. The number of nitrogens with two attached hydrogens (primary N) is 1. The molecule has 0 fully saturated rings. The minimum Gasteiger partial charge on any atom is -0.495 e. The van der Waals surface area contributed by atoms with E-state index >= 15 is 0 Å². The van der Waals surface area contributed by atoms with E-state index in [0.717, 1.165) is 17.9 Å². The van der Waals surface area contributed by atoms with Crippen LogP contribution in [0.1, 0.15) is 24.1 Å². The average molecular weight is 284 g/mol. The number of methoxy groups -OCH3 is 1. The van der Waals surface area contributed by atoms with Crippen LogP contribution >= 0.6 is 0 Å². The lowest BCUT2D eigenvalue weighted by Gasteiger charge is -2.30. The third-order valence-electron chi connectivity index (χ3n) is 3.93. The molecule has 0 radical (unpaired) electrons. The van der Waals surface area contributed by atoms with Gasteiger partial charge in [-0.1, -0.05) is 43.3 Å². The summed E-state index contributed by atoms with van der Waals surface area (Å²) in [4.78, 5) is 2.18. The molecule has 2 aromatic carbocycles. The zero-order chi connectivity index (χ0) is 15.2. The summed E-state index contributed by atoms with van der Waals surface area (Å²) in [7, 11) is 3.75. The van der Waals surface area contributed by atoms with Gasteiger partial charge in [0.05, 0.1) is 18.8 Å². The molecule has 0 aromatic heterocycles. The van der Waals surface area contributed by atoms with Gasteiger partial charge in [0.2, 0.25) is 0 Å². The molecule has 0 bridgehead atoms. The summed E-state index contributed by atoms with van der Waals surface area (Å²) in [6, 6.07) is 16.8. The first-order valence-electron chi connectivity index (χ1n) is 7.36. The summed E-state index contributed by atoms with van der Waals surface area (Å²) in [5.74, 6) is 0.864. The van der Waals surface area contributed by atoms with Gasteiger partial charge in [0.15, 0.2) is 0 Å². The van der Waals surface area contributed by atoms with Crippen LogP contribution in [0.2, 0.25) is 0 Å². The summed E-state index contributed by atoms with van der Waals surface area (Å²) in [6.07, 6.45) is 1.05. The van der Waals surface area contributed by atoms with Crippen molar-refractivity contribution in [3.63, 3.8) is 0 Å². The molecule has 3 nitrogen and oxygen atoms in total. The maximum Gasteiger partial charge on any atom is 0.142 e. The molecule has 0 aliphatic carbocycles. The minimum absolute atomic E-state index is 0.132. The van der Waals surface area contributed by atoms with Crippen LogP contribution in [0.5, 0.6) is 5.75 Å². The second-order valence-electron chi connectivity index (χ2n) is 5.13. The van der Waals surface area contributed by atoms with Crippen LogP contribution in [0.4, 0.5) is 5.69 Å². The van der Waals surface area contributed by atoms with Gasteiger partial charge in [-0.15, -0.1) is 0 Å². The second kappa shape index (κ2) is 7.14. The quantitative estimate of drug-likeness (QED) is 0.883. The van der Waals surface area contributed by atoms with Crippen LogP contribution in [-0.4, -0.2) is 20.7 Å². The maximum atomic E-state index is 6.02. The van der Waals surface area contributed by atoms with Crippen molar-refractivity contribution in [2.45, 2.75) is 19.4 Å². The Labute approximate surface area is 127 Å². The standard InChI is InChI=1S/C18H24N2O/c1-4-14-9-11-15(12-10-14)17(13-19)20(2)16-7-5-6-8-18(16)21-3/h5-12,17H,4,13,19H2,1-3H3. The number of aryl methyl sites for hydroxylation is 1. The first-order valence-corrected chi connectivity index (χ1v) is 7.36. The van der Waals surface area contributed by atoms with Gasteiger partial charge in [0, 0.05) is 13.6 Å². The molecule has 2 aromatic rings. The lowest BCUT2D eigenvalue weighted by atomic mass is 10.0. The Bertz CT molecular complexity index is 566. The molecule has 0 saturated heterocycles. The van der Waals surface area contributed by atoms with Crippen LogP contribution in [-0.2, 0) is 6.42 Å². The number of anilines is 1. The Balaban J connectivity index is 2.31. The van der Waals surface area contributed by atoms with Gasteiger partial charge in [-0.3, -0.25) is 0 Å². The summed E-state index contributed by atoms with van der Waals surface area (Å²) < 4.78 is 5.45. The highest BCUT2D eigenvalue weighted by Crippen LogP contribution is 2.32. The van der Waals surface area contributed by atoms with E-state index in [1.807, 2.05) is 18.2 Å². The molecular weight excluding hydrogens is 260 g/mol. The Morgan fingerprint density at radius 3 is 2.33 bits per heavy atom. The van der Waals surface area contributed by atoms with Gasteiger partial charge in [0.1, 0.15) is 5.75 Å². The molecule has 21 heavy (non-hydrogen) atoms. The van der Waals surface area contributed by atoms with E-state index in [1.54, 1.807) is 7.11 Å². The Morgan fingerprint density at radius 1 is 1.10 bits per heavy atom. The van der Waals surface area contributed by atoms with Crippen molar-refractivity contribution in [3.05, 3.63) is 59.7 Å². The summed E-state index contributed by atoms with van der Waals surface area (Å²) >= 11 is 0. The smallest absolute Gasteiger partial charge is 0.142 e. The molecule has 112 valence electrons. The third-order valence-corrected chi connectivity index (χ3v) is 3.93. The Kier molecular flexibility index (Phi) is 5.23. The predicted octanol–water partition coefficient (Wildman–Crippen LogP) is 3.39. The first kappa shape index (κ1) is 15.4. The molecule has 0 heterocycles. The molecule has 1 atom stereocenters. The molecular formula is C18H24N2O. The highest BCUT2D eigenvalue weighted by Gasteiger charge is 2.18.